The zero-order valence-electron chi connectivity index (χ0n) is 20.7. The molecule has 0 spiro atoms. The molecular formula is C30H28N6O. The summed E-state index contributed by atoms with van der Waals surface area (Å²) in [5.41, 5.74) is 7.94. The number of fused-ring (bicyclic) bond motifs is 1. The standard InChI is InChI=1S/C30H28N6O/c1-20-26(28-16-22(10-13-32-28)23-4-3-12-31-17-23)5-2-6-27(20)35-30-29-21(9-14-33-30)7-8-24(34-29)18-36-15-11-25(37)19-36/h2-10,12-14,16-17,25,37H,11,15,18-19H2,1H3,(H,33,35)/t25-/m1/s1. The molecule has 2 N–H and O–H groups in total. The van der Waals surface area contributed by atoms with Gasteiger partial charge in [-0.15, -0.1) is 0 Å². The Bertz CT molecular complexity index is 1560. The summed E-state index contributed by atoms with van der Waals surface area (Å²) < 4.78 is 0. The average Bonchev–Trinajstić information content (AvgIpc) is 3.35. The summed E-state index contributed by atoms with van der Waals surface area (Å²) in [7, 11) is 0. The summed E-state index contributed by atoms with van der Waals surface area (Å²) in [6.07, 6.45) is 7.87. The molecule has 6 rings (SSSR count). The maximum atomic E-state index is 9.87. The molecule has 1 aliphatic heterocycles. The van der Waals surface area contributed by atoms with Gasteiger partial charge in [-0.1, -0.05) is 24.3 Å². The van der Waals surface area contributed by atoms with Crippen molar-refractivity contribution in [3.63, 3.8) is 0 Å². The molecule has 0 bridgehead atoms. The smallest absolute Gasteiger partial charge is 0.156 e. The second-order valence-corrected chi connectivity index (χ2v) is 9.49. The van der Waals surface area contributed by atoms with Crippen LogP contribution in [-0.2, 0) is 6.54 Å². The topological polar surface area (TPSA) is 87.1 Å². The first-order valence-electron chi connectivity index (χ1n) is 12.5. The lowest BCUT2D eigenvalue weighted by atomic mass is 10.0. The highest BCUT2D eigenvalue weighted by Crippen LogP contribution is 2.32. The lowest BCUT2D eigenvalue weighted by molar-refractivity contribution is 0.174. The van der Waals surface area contributed by atoms with E-state index in [1.165, 1.54) is 0 Å². The van der Waals surface area contributed by atoms with Gasteiger partial charge in [-0.2, -0.15) is 0 Å². The minimum atomic E-state index is -0.242. The zero-order valence-corrected chi connectivity index (χ0v) is 20.7. The van der Waals surface area contributed by atoms with Gasteiger partial charge in [-0.3, -0.25) is 14.9 Å². The van der Waals surface area contributed by atoms with E-state index in [1.54, 1.807) is 12.4 Å². The van der Waals surface area contributed by atoms with E-state index in [0.29, 0.717) is 6.54 Å². The average molecular weight is 489 g/mol. The fraction of sp³-hybridized carbons (Fsp3) is 0.200. The van der Waals surface area contributed by atoms with Gasteiger partial charge in [0.05, 0.1) is 17.5 Å². The summed E-state index contributed by atoms with van der Waals surface area (Å²) in [5, 5.41) is 14.4. The van der Waals surface area contributed by atoms with E-state index in [0.717, 1.165) is 75.6 Å². The van der Waals surface area contributed by atoms with Crippen LogP contribution in [0.1, 0.15) is 17.7 Å². The van der Waals surface area contributed by atoms with E-state index in [9.17, 15) is 5.11 Å². The number of nitrogens with zero attached hydrogens (tertiary/aromatic N) is 5. The van der Waals surface area contributed by atoms with Gasteiger partial charge in [-0.25, -0.2) is 9.97 Å². The molecule has 0 radical (unpaired) electrons. The van der Waals surface area contributed by atoms with Crippen molar-refractivity contribution in [3.05, 3.63) is 96.7 Å². The van der Waals surface area contributed by atoms with Crippen molar-refractivity contribution in [3.8, 4) is 22.4 Å². The molecule has 1 fully saturated rings. The van der Waals surface area contributed by atoms with Gasteiger partial charge in [0.15, 0.2) is 5.82 Å². The third-order valence-corrected chi connectivity index (χ3v) is 6.92. The maximum Gasteiger partial charge on any atom is 0.156 e. The molecule has 4 aromatic heterocycles. The minimum absolute atomic E-state index is 0.242. The molecule has 7 nitrogen and oxygen atoms in total. The largest absolute Gasteiger partial charge is 0.392 e. The van der Waals surface area contributed by atoms with E-state index in [4.69, 9.17) is 4.98 Å². The number of anilines is 2. The number of likely N-dealkylation sites (tertiary alicyclic amines) is 1. The number of hydrogen-bond donors (Lipinski definition) is 2. The van der Waals surface area contributed by atoms with Crippen molar-refractivity contribution in [1.29, 1.82) is 0 Å². The van der Waals surface area contributed by atoms with Crippen molar-refractivity contribution in [2.75, 3.05) is 18.4 Å². The summed E-state index contributed by atoms with van der Waals surface area (Å²) in [6, 6.07) is 20.4. The normalized spacial score (nSPS) is 15.8. The molecule has 5 aromatic rings. The maximum absolute atomic E-state index is 9.87. The molecule has 37 heavy (non-hydrogen) atoms. The summed E-state index contributed by atoms with van der Waals surface area (Å²) in [6.45, 7) is 4.40. The van der Waals surface area contributed by atoms with Gasteiger partial charge in [0, 0.05) is 66.6 Å². The van der Waals surface area contributed by atoms with Gasteiger partial charge in [0.25, 0.3) is 0 Å². The molecule has 0 aliphatic carbocycles. The first-order valence-corrected chi connectivity index (χ1v) is 12.5. The molecule has 1 aromatic carbocycles. The number of benzene rings is 1. The third-order valence-electron chi connectivity index (χ3n) is 6.92. The predicted octanol–water partition coefficient (Wildman–Crippen LogP) is 5.37. The number of nitrogens with one attached hydrogen (secondary N) is 1. The van der Waals surface area contributed by atoms with Crippen LogP contribution in [0.3, 0.4) is 0 Å². The van der Waals surface area contributed by atoms with Crippen molar-refractivity contribution in [1.82, 2.24) is 24.8 Å². The Kier molecular flexibility index (Phi) is 6.30. The van der Waals surface area contributed by atoms with Crippen molar-refractivity contribution >= 4 is 22.4 Å². The van der Waals surface area contributed by atoms with Crippen LogP contribution in [0.5, 0.6) is 0 Å². The van der Waals surface area contributed by atoms with Gasteiger partial charge in [-0.05, 0) is 60.9 Å². The van der Waals surface area contributed by atoms with E-state index < -0.39 is 0 Å². The van der Waals surface area contributed by atoms with Crippen LogP contribution < -0.4 is 5.32 Å². The zero-order chi connectivity index (χ0) is 25.2. The molecule has 5 heterocycles. The Morgan fingerprint density at radius 2 is 1.89 bits per heavy atom. The molecule has 184 valence electrons. The number of hydrogen-bond acceptors (Lipinski definition) is 7. The molecule has 0 unspecified atom stereocenters. The quantitative estimate of drug-likeness (QED) is 0.332. The monoisotopic (exact) mass is 488 g/mol. The van der Waals surface area contributed by atoms with Gasteiger partial charge < -0.3 is 10.4 Å². The number of aliphatic hydroxyl groups is 1. The first kappa shape index (κ1) is 23.2. The second-order valence-electron chi connectivity index (χ2n) is 9.49. The lowest BCUT2D eigenvalue weighted by Gasteiger charge is -2.16. The summed E-state index contributed by atoms with van der Waals surface area (Å²) >= 11 is 0. The molecule has 0 saturated carbocycles. The Hall–Kier alpha value is -4.20. The molecule has 0 amide bonds. The van der Waals surface area contributed by atoms with Crippen molar-refractivity contribution < 1.29 is 5.11 Å². The molecular weight excluding hydrogens is 460 g/mol. The van der Waals surface area contributed by atoms with E-state index in [1.807, 2.05) is 36.7 Å². The van der Waals surface area contributed by atoms with Gasteiger partial charge in [0.2, 0.25) is 0 Å². The first-order chi connectivity index (χ1) is 18.1. The Morgan fingerprint density at radius 3 is 2.73 bits per heavy atom. The Morgan fingerprint density at radius 1 is 0.973 bits per heavy atom. The molecule has 1 saturated heterocycles. The Balaban J connectivity index is 1.31. The molecule has 7 heteroatoms. The molecule has 1 atom stereocenters. The second kappa shape index (κ2) is 10.0. The van der Waals surface area contributed by atoms with E-state index in [-0.39, 0.29) is 6.10 Å². The van der Waals surface area contributed by atoms with Crippen LogP contribution >= 0.6 is 0 Å². The van der Waals surface area contributed by atoms with E-state index in [2.05, 4.69) is 68.5 Å². The van der Waals surface area contributed by atoms with E-state index >= 15 is 0 Å². The Labute approximate surface area is 215 Å². The summed E-state index contributed by atoms with van der Waals surface area (Å²) in [4.78, 5) is 20.7. The number of β-amino-alcohol motifs (C(OH)–C–C–N with tert-alkyl or cyclic N) is 1. The minimum Gasteiger partial charge on any atom is -0.392 e. The van der Waals surface area contributed by atoms with Crippen LogP contribution in [0.15, 0.2) is 85.5 Å². The fourth-order valence-electron chi connectivity index (χ4n) is 4.92. The number of aliphatic hydroxyl groups excluding tert-OH is 1. The van der Waals surface area contributed by atoms with Crippen molar-refractivity contribution in [2.45, 2.75) is 26.0 Å². The van der Waals surface area contributed by atoms with Crippen LogP contribution in [0, 0.1) is 6.92 Å². The van der Waals surface area contributed by atoms with Crippen molar-refractivity contribution in [2.24, 2.45) is 0 Å². The molecule has 1 aliphatic rings. The highest BCUT2D eigenvalue weighted by Gasteiger charge is 2.20. The van der Waals surface area contributed by atoms with Crippen LogP contribution in [0.25, 0.3) is 33.3 Å². The SMILES string of the molecule is Cc1c(Nc2nccc3ccc(CN4CC[C@@H](O)C4)nc23)cccc1-c1cc(-c2cccnc2)ccn1. The number of rotatable bonds is 6. The van der Waals surface area contributed by atoms with Gasteiger partial charge >= 0.3 is 0 Å². The number of pyridine rings is 4. The number of aromatic nitrogens is 4. The highest BCUT2D eigenvalue weighted by atomic mass is 16.3. The predicted molar refractivity (Wildman–Crippen MR) is 146 cm³/mol. The van der Waals surface area contributed by atoms with Crippen LogP contribution in [0.4, 0.5) is 11.5 Å². The van der Waals surface area contributed by atoms with Gasteiger partial charge in [0.1, 0.15) is 5.52 Å². The summed E-state index contributed by atoms with van der Waals surface area (Å²) in [5.74, 6) is 0.720. The highest BCUT2D eigenvalue weighted by molar-refractivity contribution is 5.90. The van der Waals surface area contributed by atoms with Crippen LogP contribution in [-0.4, -0.2) is 49.1 Å². The third kappa shape index (κ3) is 4.91. The fourth-order valence-corrected chi connectivity index (χ4v) is 4.92. The lowest BCUT2D eigenvalue weighted by Crippen LogP contribution is -2.22. The van der Waals surface area contributed by atoms with Crippen LogP contribution in [0.2, 0.25) is 0 Å².